The third-order valence-corrected chi connectivity index (χ3v) is 4.07. The molecule has 2 N–H and O–H groups in total. The predicted molar refractivity (Wildman–Crippen MR) is 87.6 cm³/mol. The fourth-order valence-electron chi connectivity index (χ4n) is 2.76. The molecule has 6 nitrogen and oxygen atoms in total. The van der Waals surface area contributed by atoms with Gasteiger partial charge >= 0.3 is 0 Å². The second-order valence-electron chi connectivity index (χ2n) is 6.15. The Bertz CT molecular complexity index is 451. The Balaban J connectivity index is 1.61. The molecule has 0 unspecified atom stereocenters. The number of nitrogens with one attached hydrogen (secondary N) is 2. The van der Waals surface area contributed by atoms with Crippen LogP contribution in [0.15, 0.2) is 18.5 Å². The molecular formula is C16H27N5O. The Hall–Kier alpha value is -1.69. The van der Waals surface area contributed by atoms with Crippen molar-refractivity contribution in [2.75, 3.05) is 31.5 Å². The summed E-state index contributed by atoms with van der Waals surface area (Å²) in [5.41, 5.74) is 0. The van der Waals surface area contributed by atoms with Gasteiger partial charge in [-0.25, -0.2) is 9.97 Å². The van der Waals surface area contributed by atoms with Crippen LogP contribution >= 0.6 is 0 Å². The number of hydrogen-bond acceptors (Lipinski definition) is 5. The molecule has 1 amide bonds. The first-order valence-corrected chi connectivity index (χ1v) is 8.17. The van der Waals surface area contributed by atoms with Gasteiger partial charge in [-0.15, -0.1) is 0 Å². The van der Waals surface area contributed by atoms with Crippen molar-refractivity contribution in [3.8, 4) is 0 Å². The zero-order valence-corrected chi connectivity index (χ0v) is 13.6. The van der Waals surface area contributed by atoms with E-state index >= 15 is 0 Å². The van der Waals surface area contributed by atoms with Crippen molar-refractivity contribution in [1.29, 1.82) is 0 Å². The highest BCUT2D eigenvalue weighted by molar-refractivity contribution is 5.76. The minimum Gasteiger partial charge on any atom is -0.356 e. The normalized spacial score (nSPS) is 19.1. The van der Waals surface area contributed by atoms with E-state index in [1.807, 2.05) is 0 Å². The minimum atomic E-state index is 0.0881. The van der Waals surface area contributed by atoms with E-state index in [1.165, 1.54) is 19.4 Å². The van der Waals surface area contributed by atoms with Crippen LogP contribution in [0.5, 0.6) is 0 Å². The van der Waals surface area contributed by atoms with Crippen molar-refractivity contribution >= 4 is 11.9 Å². The average molecular weight is 305 g/mol. The fourth-order valence-corrected chi connectivity index (χ4v) is 2.76. The molecule has 1 aliphatic rings. The molecule has 1 aromatic heterocycles. The van der Waals surface area contributed by atoms with Gasteiger partial charge in [0.2, 0.25) is 11.9 Å². The molecule has 0 radical (unpaired) electrons. The molecule has 2 heterocycles. The Morgan fingerprint density at radius 1 is 1.41 bits per heavy atom. The molecule has 122 valence electrons. The molecule has 2 rings (SSSR count). The van der Waals surface area contributed by atoms with Gasteiger partial charge in [0.15, 0.2) is 0 Å². The van der Waals surface area contributed by atoms with Crippen molar-refractivity contribution in [2.24, 2.45) is 5.92 Å². The lowest BCUT2D eigenvalue weighted by molar-refractivity contribution is -0.121. The van der Waals surface area contributed by atoms with E-state index < -0.39 is 0 Å². The number of likely N-dealkylation sites (tertiary alicyclic amines) is 1. The van der Waals surface area contributed by atoms with Crippen LogP contribution in [0.3, 0.4) is 0 Å². The first-order chi connectivity index (χ1) is 10.6. The van der Waals surface area contributed by atoms with E-state index in [-0.39, 0.29) is 5.91 Å². The van der Waals surface area contributed by atoms with Crippen LogP contribution < -0.4 is 10.6 Å². The number of nitrogens with zero attached hydrogens (tertiary/aromatic N) is 3. The van der Waals surface area contributed by atoms with Gasteiger partial charge in [-0.1, -0.05) is 0 Å². The molecule has 1 saturated heterocycles. The molecule has 6 heteroatoms. The van der Waals surface area contributed by atoms with E-state index in [9.17, 15) is 4.79 Å². The summed E-state index contributed by atoms with van der Waals surface area (Å²) in [5, 5.41) is 6.10. The largest absolute Gasteiger partial charge is 0.356 e. The Kier molecular flexibility index (Phi) is 6.58. The van der Waals surface area contributed by atoms with Gasteiger partial charge < -0.3 is 15.5 Å². The van der Waals surface area contributed by atoms with Gasteiger partial charge in [0.25, 0.3) is 0 Å². The van der Waals surface area contributed by atoms with Crippen LogP contribution in [0.25, 0.3) is 0 Å². The summed E-state index contributed by atoms with van der Waals surface area (Å²) in [6.07, 6.45) is 6.24. The standard InChI is InChI=1S/C16H27N5O/c1-13(2)21-10-3-5-14(12-21)11-20-15(22)6-9-19-16-17-7-4-8-18-16/h4,7-8,13-14H,3,5-6,9-12H2,1-2H3,(H,20,22)(H,17,18,19)/t14-/m0/s1. The molecule has 0 saturated carbocycles. The molecule has 0 aromatic carbocycles. The highest BCUT2D eigenvalue weighted by atomic mass is 16.1. The minimum absolute atomic E-state index is 0.0881. The number of amides is 1. The van der Waals surface area contributed by atoms with Gasteiger partial charge in [0.05, 0.1) is 0 Å². The van der Waals surface area contributed by atoms with Gasteiger partial charge in [-0.2, -0.15) is 0 Å². The topological polar surface area (TPSA) is 70.2 Å². The number of hydrogen-bond donors (Lipinski definition) is 2. The van der Waals surface area contributed by atoms with Crippen molar-refractivity contribution in [3.63, 3.8) is 0 Å². The number of aromatic nitrogens is 2. The zero-order valence-electron chi connectivity index (χ0n) is 13.6. The summed E-state index contributed by atoms with van der Waals surface area (Å²) in [7, 11) is 0. The number of carbonyl (C=O) groups excluding carboxylic acids is 1. The highest BCUT2D eigenvalue weighted by Crippen LogP contribution is 2.17. The summed E-state index contributed by atoms with van der Waals surface area (Å²) in [5.74, 6) is 1.23. The quantitative estimate of drug-likeness (QED) is 0.799. The SMILES string of the molecule is CC(C)N1CCC[C@@H](CNC(=O)CCNc2ncccn2)C1. The number of piperidine rings is 1. The van der Waals surface area contributed by atoms with Crippen molar-refractivity contribution in [2.45, 2.75) is 39.2 Å². The first-order valence-electron chi connectivity index (χ1n) is 8.17. The third kappa shape index (κ3) is 5.60. The number of anilines is 1. The van der Waals surface area contributed by atoms with Crippen LogP contribution in [0.1, 0.15) is 33.1 Å². The molecule has 1 aromatic rings. The van der Waals surface area contributed by atoms with Crippen LogP contribution in [0.2, 0.25) is 0 Å². The molecule has 0 spiro atoms. The summed E-state index contributed by atoms with van der Waals surface area (Å²) < 4.78 is 0. The van der Waals surface area contributed by atoms with Crippen LogP contribution in [0.4, 0.5) is 5.95 Å². The summed E-state index contributed by atoms with van der Waals surface area (Å²) >= 11 is 0. The van der Waals surface area contributed by atoms with Crippen molar-refractivity contribution < 1.29 is 4.79 Å². The monoisotopic (exact) mass is 305 g/mol. The van der Waals surface area contributed by atoms with Gasteiger partial charge in [0, 0.05) is 44.5 Å². The summed E-state index contributed by atoms with van der Waals surface area (Å²) in [4.78, 5) is 22.5. The van der Waals surface area contributed by atoms with Gasteiger partial charge in [-0.3, -0.25) is 4.79 Å². The highest BCUT2D eigenvalue weighted by Gasteiger charge is 2.21. The molecule has 1 fully saturated rings. The predicted octanol–water partition coefficient (Wildman–Crippen LogP) is 1.52. The lowest BCUT2D eigenvalue weighted by Gasteiger charge is -2.35. The first kappa shape index (κ1) is 16.7. The van der Waals surface area contributed by atoms with Gasteiger partial charge in [-0.05, 0) is 45.2 Å². The maximum Gasteiger partial charge on any atom is 0.222 e. The Labute approximate surface area is 132 Å². The summed E-state index contributed by atoms with van der Waals surface area (Å²) in [6.45, 7) is 8.08. The Morgan fingerprint density at radius 3 is 2.91 bits per heavy atom. The maximum atomic E-state index is 11.9. The molecule has 0 aliphatic carbocycles. The van der Waals surface area contributed by atoms with E-state index in [0.29, 0.717) is 30.9 Å². The molecule has 22 heavy (non-hydrogen) atoms. The molecule has 0 bridgehead atoms. The van der Waals surface area contributed by atoms with E-state index in [2.05, 4.69) is 39.3 Å². The van der Waals surface area contributed by atoms with Crippen LogP contribution in [0, 0.1) is 5.92 Å². The van der Waals surface area contributed by atoms with E-state index in [1.54, 1.807) is 18.5 Å². The smallest absolute Gasteiger partial charge is 0.222 e. The van der Waals surface area contributed by atoms with Crippen molar-refractivity contribution in [3.05, 3.63) is 18.5 Å². The number of rotatable bonds is 7. The average Bonchev–Trinajstić information content (AvgIpc) is 2.54. The third-order valence-electron chi connectivity index (χ3n) is 4.07. The zero-order chi connectivity index (χ0) is 15.8. The van der Waals surface area contributed by atoms with E-state index in [0.717, 1.165) is 13.1 Å². The fraction of sp³-hybridized carbons (Fsp3) is 0.688. The molecular weight excluding hydrogens is 278 g/mol. The second kappa shape index (κ2) is 8.68. The Morgan fingerprint density at radius 2 is 2.18 bits per heavy atom. The van der Waals surface area contributed by atoms with Gasteiger partial charge in [0.1, 0.15) is 0 Å². The number of carbonyl (C=O) groups is 1. The lowest BCUT2D eigenvalue weighted by Crippen LogP contribution is -2.43. The molecule has 1 aliphatic heterocycles. The summed E-state index contributed by atoms with van der Waals surface area (Å²) in [6, 6.07) is 2.36. The van der Waals surface area contributed by atoms with E-state index in [4.69, 9.17) is 0 Å². The lowest BCUT2D eigenvalue weighted by atomic mass is 9.97. The van der Waals surface area contributed by atoms with Crippen molar-refractivity contribution in [1.82, 2.24) is 20.2 Å². The molecule has 1 atom stereocenters. The maximum absolute atomic E-state index is 11.9. The second-order valence-corrected chi connectivity index (χ2v) is 6.15. The van der Waals surface area contributed by atoms with Crippen LogP contribution in [-0.4, -0.2) is 53.0 Å². The van der Waals surface area contributed by atoms with Crippen LogP contribution in [-0.2, 0) is 4.79 Å².